The van der Waals surface area contributed by atoms with Crippen molar-refractivity contribution >= 4 is 0 Å². The van der Waals surface area contributed by atoms with Crippen LogP contribution in [0.2, 0.25) is 0 Å². The molecule has 1 aromatic carbocycles. The van der Waals surface area contributed by atoms with Crippen LogP contribution in [0.5, 0.6) is 11.5 Å². The van der Waals surface area contributed by atoms with Gasteiger partial charge in [-0.2, -0.15) is 0 Å². The summed E-state index contributed by atoms with van der Waals surface area (Å²) < 4.78 is 29.2. The molecule has 0 saturated carbocycles. The summed E-state index contributed by atoms with van der Waals surface area (Å²) in [6.45, 7) is 6.49. The minimum atomic E-state index is -0.795. The Morgan fingerprint density at radius 3 is 2.81 bits per heavy atom. The Balaban J connectivity index is 1.76. The van der Waals surface area contributed by atoms with E-state index < -0.39 is 5.79 Å². The predicted molar refractivity (Wildman–Crippen MR) is 97.1 cm³/mol. The molecule has 1 fully saturated rings. The van der Waals surface area contributed by atoms with Crippen LogP contribution < -0.4 is 9.47 Å². The fraction of sp³-hybridized carbons (Fsp3) is 0.524. The van der Waals surface area contributed by atoms with Crippen LogP contribution in [-0.2, 0) is 14.2 Å². The Kier molecular flexibility index (Phi) is 4.34. The summed E-state index contributed by atoms with van der Waals surface area (Å²) in [6.07, 6.45) is 7.55. The van der Waals surface area contributed by atoms with Crippen molar-refractivity contribution in [3.8, 4) is 11.5 Å². The quantitative estimate of drug-likeness (QED) is 0.745. The van der Waals surface area contributed by atoms with Crippen LogP contribution in [0.15, 0.2) is 43.0 Å². The first-order valence-corrected chi connectivity index (χ1v) is 9.05. The zero-order valence-corrected chi connectivity index (χ0v) is 15.6. The van der Waals surface area contributed by atoms with E-state index in [0.717, 1.165) is 29.9 Å². The molecule has 0 radical (unpaired) electrons. The molecule has 2 heterocycles. The highest BCUT2D eigenvalue weighted by Crippen LogP contribution is 2.63. The molecule has 5 nitrogen and oxygen atoms in total. The number of hydrogen-bond donors (Lipinski definition) is 0. The highest BCUT2D eigenvalue weighted by Gasteiger charge is 2.64. The lowest BCUT2D eigenvalue weighted by molar-refractivity contribution is -0.234. The normalized spacial score (nSPS) is 37.6. The zero-order valence-electron chi connectivity index (χ0n) is 15.6. The van der Waals surface area contributed by atoms with Crippen molar-refractivity contribution in [1.82, 2.24) is 0 Å². The summed E-state index contributed by atoms with van der Waals surface area (Å²) in [4.78, 5) is 0. The Hall–Kier alpha value is -1.82. The highest BCUT2D eigenvalue weighted by atomic mass is 16.7. The number of benzene rings is 1. The van der Waals surface area contributed by atoms with Crippen LogP contribution in [0, 0.1) is 11.3 Å². The molecule has 0 bridgehead atoms. The summed E-state index contributed by atoms with van der Waals surface area (Å²) in [7, 11) is 3.45. The average Bonchev–Trinajstić information content (AvgIpc) is 3.23. The summed E-state index contributed by atoms with van der Waals surface area (Å²) in [5, 5.41) is 0. The van der Waals surface area contributed by atoms with Gasteiger partial charge in [0, 0.05) is 19.6 Å². The van der Waals surface area contributed by atoms with Crippen molar-refractivity contribution in [2.75, 3.05) is 21.0 Å². The van der Waals surface area contributed by atoms with Crippen molar-refractivity contribution in [3.05, 3.63) is 48.6 Å². The second kappa shape index (κ2) is 6.41. The number of fused-ring (bicyclic) bond motifs is 2. The molecule has 5 atom stereocenters. The first-order valence-electron chi connectivity index (χ1n) is 9.05. The van der Waals surface area contributed by atoms with Crippen molar-refractivity contribution in [1.29, 1.82) is 0 Å². The van der Waals surface area contributed by atoms with Gasteiger partial charge in [0.05, 0.1) is 12.2 Å². The number of allylic oxidation sites excluding steroid dienone is 1. The minimum absolute atomic E-state index is 0.0415. The van der Waals surface area contributed by atoms with Gasteiger partial charge < -0.3 is 23.7 Å². The monoisotopic (exact) mass is 358 g/mol. The maximum absolute atomic E-state index is 6.60. The molecule has 0 N–H and O–H groups in total. The molecule has 26 heavy (non-hydrogen) atoms. The van der Waals surface area contributed by atoms with Crippen molar-refractivity contribution < 1.29 is 23.7 Å². The molecular formula is C21H26O5. The average molecular weight is 358 g/mol. The van der Waals surface area contributed by atoms with Crippen LogP contribution in [-0.4, -0.2) is 32.9 Å². The zero-order chi connectivity index (χ0) is 18.4. The van der Waals surface area contributed by atoms with Gasteiger partial charge in [0.2, 0.25) is 6.79 Å². The molecule has 0 aromatic heterocycles. The van der Waals surface area contributed by atoms with E-state index in [1.165, 1.54) is 0 Å². The fourth-order valence-electron chi connectivity index (χ4n) is 4.81. The molecule has 3 aliphatic rings. The Morgan fingerprint density at radius 1 is 1.27 bits per heavy atom. The van der Waals surface area contributed by atoms with E-state index >= 15 is 0 Å². The number of ether oxygens (including phenoxy) is 5. The first-order chi connectivity index (χ1) is 12.6. The van der Waals surface area contributed by atoms with Crippen molar-refractivity contribution in [2.24, 2.45) is 11.3 Å². The van der Waals surface area contributed by atoms with Crippen LogP contribution in [0.3, 0.4) is 0 Å². The smallest absolute Gasteiger partial charge is 0.231 e. The molecule has 4 rings (SSSR count). The SMILES string of the molecule is C=CCC12CC(OC)C=CC1(OC)OC(c1ccc3c(c1)OCO3)C2C. The summed E-state index contributed by atoms with van der Waals surface area (Å²) in [5.41, 5.74) is 0.818. The molecule has 1 saturated heterocycles. The second-order valence-corrected chi connectivity index (χ2v) is 7.30. The first kappa shape index (κ1) is 17.6. The van der Waals surface area contributed by atoms with E-state index in [1.54, 1.807) is 14.2 Å². The second-order valence-electron chi connectivity index (χ2n) is 7.30. The van der Waals surface area contributed by atoms with Crippen molar-refractivity contribution in [3.63, 3.8) is 0 Å². The largest absolute Gasteiger partial charge is 0.454 e. The topological polar surface area (TPSA) is 46.2 Å². The molecule has 0 amide bonds. The van der Waals surface area contributed by atoms with E-state index in [-0.39, 0.29) is 30.3 Å². The Bertz CT molecular complexity index is 729. The molecular weight excluding hydrogens is 332 g/mol. The molecule has 5 heteroatoms. The molecule has 1 aromatic rings. The van der Waals surface area contributed by atoms with Gasteiger partial charge in [-0.05, 0) is 42.5 Å². The van der Waals surface area contributed by atoms with Gasteiger partial charge in [-0.1, -0.05) is 25.1 Å². The van der Waals surface area contributed by atoms with E-state index in [4.69, 9.17) is 23.7 Å². The van der Waals surface area contributed by atoms with E-state index in [0.29, 0.717) is 0 Å². The molecule has 5 unspecified atom stereocenters. The summed E-state index contributed by atoms with van der Waals surface area (Å²) in [6, 6.07) is 6.01. The van der Waals surface area contributed by atoms with Gasteiger partial charge >= 0.3 is 0 Å². The van der Waals surface area contributed by atoms with Gasteiger partial charge in [0.15, 0.2) is 17.3 Å². The van der Waals surface area contributed by atoms with Crippen LogP contribution >= 0.6 is 0 Å². The Labute approximate surface area is 154 Å². The summed E-state index contributed by atoms with van der Waals surface area (Å²) in [5.74, 6) is 0.945. The molecule has 0 spiro atoms. The fourth-order valence-corrected chi connectivity index (χ4v) is 4.81. The third-order valence-electron chi connectivity index (χ3n) is 6.26. The van der Waals surface area contributed by atoms with E-state index in [2.05, 4.69) is 19.6 Å². The molecule has 1 aliphatic carbocycles. The molecule has 140 valence electrons. The van der Waals surface area contributed by atoms with Crippen LogP contribution in [0.4, 0.5) is 0 Å². The third-order valence-corrected chi connectivity index (χ3v) is 6.26. The van der Waals surface area contributed by atoms with Gasteiger partial charge in [-0.25, -0.2) is 0 Å². The lowest BCUT2D eigenvalue weighted by Gasteiger charge is -2.47. The highest BCUT2D eigenvalue weighted by molar-refractivity contribution is 5.45. The van der Waals surface area contributed by atoms with Crippen LogP contribution in [0.25, 0.3) is 0 Å². The predicted octanol–water partition coefficient (Wildman–Crippen LogP) is 4.00. The minimum Gasteiger partial charge on any atom is -0.454 e. The lowest BCUT2D eigenvalue weighted by atomic mass is 9.62. The van der Waals surface area contributed by atoms with Gasteiger partial charge in [-0.3, -0.25) is 0 Å². The van der Waals surface area contributed by atoms with Gasteiger partial charge in [0.1, 0.15) is 0 Å². The standard InChI is InChI=1S/C21H26O5/c1-5-9-20-12-16(22-3)8-10-21(20,23-4)26-19(14(20)2)15-6-7-17-18(11-15)25-13-24-17/h5-8,10-11,14,16,19H,1,9,12-13H2,2-4H3. The van der Waals surface area contributed by atoms with Gasteiger partial charge in [0.25, 0.3) is 0 Å². The lowest BCUT2D eigenvalue weighted by Crippen LogP contribution is -2.51. The molecule has 2 aliphatic heterocycles. The van der Waals surface area contributed by atoms with E-state index in [9.17, 15) is 0 Å². The number of hydrogen-bond acceptors (Lipinski definition) is 5. The number of methoxy groups -OCH3 is 2. The Morgan fingerprint density at radius 2 is 2.08 bits per heavy atom. The van der Waals surface area contributed by atoms with Crippen LogP contribution in [0.1, 0.15) is 31.4 Å². The van der Waals surface area contributed by atoms with E-state index in [1.807, 2.05) is 30.4 Å². The third kappa shape index (κ3) is 2.34. The number of rotatable bonds is 5. The van der Waals surface area contributed by atoms with Gasteiger partial charge in [-0.15, -0.1) is 6.58 Å². The summed E-state index contributed by atoms with van der Waals surface area (Å²) >= 11 is 0. The maximum Gasteiger partial charge on any atom is 0.231 e. The van der Waals surface area contributed by atoms with Crippen molar-refractivity contribution in [2.45, 2.75) is 37.8 Å². The maximum atomic E-state index is 6.60.